The van der Waals surface area contributed by atoms with E-state index in [0.29, 0.717) is 5.56 Å². The van der Waals surface area contributed by atoms with Crippen LogP contribution in [0.4, 0.5) is 5.82 Å². The van der Waals surface area contributed by atoms with Gasteiger partial charge in [-0.15, -0.1) is 0 Å². The molecule has 150 valence electrons. The van der Waals surface area contributed by atoms with Gasteiger partial charge in [-0.25, -0.2) is 9.78 Å². The lowest BCUT2D eigenvalue weighted by atomic mass is 10.0. The molecule has 2 aromatic rings. The maximum absolute atomic E-state index is 10.9. The highest BCUT2D eigenvalue weighted by atomic mass is 16.4. The summed E-state index contributed by atoms with van der Waals surface area (Å²) >= 11 is 0. The molecule has 1 aromatic heterocycles. The first-order valence-electron chi connectivity index (χ1n) is 9.72. The van der Waals surface area contributed by atoms with E-state index >= 15 is 0 Å². The van der Waals surface area contributed by atoms with Crippen LogP contribution in [0.1, 0.15) is 61.2 Å². The summed E-state index contributed by atoms with van der Waals surface area (Å²) in [4.78, 5) is 15.4. The van der Waals surface area contributed by atoms with Crippen molar-refractivity contribution in [1.82, 2.24) is 10.3 Å². The number of aliphatic hydroxyl groups is 1. The van der Waals surface area contributed by atoms with E-state index in [0.717, 1.165) is 36.2 Å². The van der Waals surface area contributed by atoms with Crippen molar-refractivity contribution in [3.63, 3.8) is 0 Å². The van der Waals surface area contributed by atoms with Crippen LogP contribution in [0, 0.1) is 0 Å². The molecule has 2 heterocycles. The third-order valence-electron chi connectivity index (χ3n) is 4.97. The van der Waals surface area contributed by atoms with Gasteiger partial charge in [0.1, 0.15) is 5.82 Å². The summed E-state index contributed by atoms with van der Waals surface area (Å²) in [6.45, 7) is 6.24. The normalized spacial score (nSPS) is 20.7. The fourth-order valence-corrected chi connectivity index (χ4v) is 3.60. The van der Waals surface area contributed by atoms with Crippen molar-refractivity contribution < 1.29 is 15.0 Å². The van der Waals surface area contributed by atoms with Crippen molar-refractivity contribution in [2.45, 2.75) is 63.8 Å². The van der Waals surface area contributed by atoms with Gasteiger partial charge in [0.05, 0.1) is 11.7 Å². The van der Waals surface area contributed by atoms with Crippen LogP contribution in [-0.4, -0.2) is 38.8 Å². The average Bonchev–Trinajstić information content (AvgIpc) is 3.09. The van der Waals surface area contributed by atoms with E-state index in [1.165, 1.54) is 0 Å². The number of carboxylic acids is 1. The fraction of sp³-hybridized carbons (Fsp3) is 0.455. The molecule has 6 heteroatoms. The van der Waals surface area contributed by atoms with Crippen LogP contribution in [0.5, 0.6) is 0 Å². The van der Waals surface area contributed by atoms with Crippen molar-refractivity contribution in [2.24, 2.45) is 0 Å². The SMILES string of the molecule is CC(C)(C)Nc1ccc(C(O)C2CCC(Cc3ccc(C(=O)O)cc3)N2)cn1. The maximum atomic E-state index is 10.9. The number of carboxylic acid groups (broad SMARTS) is 1. The lowest BCUT2D eigenvalue weighted by molar-refractivity contribution is 0.0697. The quantitative estimate of drug-likeness (QED) is 0.611. The number of pyridine rings is 1. The van der Waals surface area contributed by atoms with Crippen LogP contribution in [-0.2, 0) is 6.42 Å². The Morgan fingerprint density at radius 2 is 1.93 bits per heavy atom. The van der Waals surface area contributed by atoms with Crippen LogP contribution in [0.3, 0.4) is 0 Å². The highest BCUT2D eigenvalue weighted by molar-refractivity contribution is 5.87. The zero-order chi connectivity index (χ0) is 20.3. The molecule has 0 radical (unpaired) electrons. The summed E-state index contributed by atoms with van der Waals surface area (Å²) in [5.74, 6) is -0.114. The second-order valence-corrected chi connectivity index (χ2v) is 8.55. The van der Waals surface area contributed by atoms with E-state index < -0.39 is 12.1 Å². The molecule has 3 unspecified atom stereocenters. The number of anilines is 1. The monoisotopic (exact) mass is 383 g/mol. The number of aromatic carboxylic acids is 1. The Hall–Kier alpha value is -2.44. The zero-order valence-corrected chi connectivity index (χ0v) is 16.6. The van der Waals surface area contributed by atoms with E-state index in [4.69, 9.17) is 5.11 Å². The number of benzene rings is 1. The molecule has 1 saturated heterocycles. The molecule has 0 saturated carbocycles. The first-order valence-corrected chi connectivity index (χ1v) is 9.72. The number of nitrogens with one attached hydrogen (secondary N) is 2. The summed E-state index contributed by atoms with van der Waals surface area (Å²) in [6, 6.07) is 11.1. The van der Waals surface area contributed by atoms with Gasteiger partial charge in [0.15, 0.2) is 0 Å². The predicted octanol–water partition coefficient (Wildman–Crippen LogP) is 3.39. The first-order chi connectivity index (χ1) is 13.2. The van der Waals surface area contributed by atoms with E-state index in [9.17, 15) is 9.90 Å². The molecule has 3 atom stereocenters. The van der Waals surface area contributed by atoms with Gasteiger partial charge in [-0.05, 0) is 63.8 Å². The van der Waals surface area contributed by atoms with Gasteiger partial charge in [-0.3, -0.25) is 0 Å². The molecular formula is C22H29N3O3. The predicted molar refractivity (Wildman–Crippen MR) is 110 cm³/mol. The van der Waals surface area contributed by atoms with Gasteiger partial charge >= 0.3 is 5.97 Å². The molecule has 6 nitrogen and oxygen atoms in total. The van der Waals surface area contributed by atoms with Crippen LogP contribution in [0.15, 0.2) is 42.6 Å². The van der Waals surface area contributed by atoms with Gasteiger partial charge in [0, 0.05) is 29.4 Å². The van der Waals surface area contributed by atoms with Crippen molar-refractivity contribution in [1.29, 1.82) is 0 Å². The molecule has 1 aliphatic heterocycles. The molecule has 0 amide bonds. The minimum Gasteiger partial charge on any atom is -0.478 e. The summed E-state index contributed by atoms with van der Waals surface area (Å²) in [5.41, 5.74) is 2.14. The Balaban J connectivity index is 1.56. The number of aromatic nitrogens is 1. The molecule has 1 aliphatic rings. The number of carbonyl (C=O) groups is 1. The highest BCUT2D eigenvalue weighted by Gasteiger charge is 2.30. The van der Waals surface area contributed by atoms with Crippen molar-refractivity contribution in [3.8, 4) is 0 Å². The molecule has 3 rings (SSSR count). The second-order valence-electron chi connectivity index (χ2n) is 8.55. The van der Waals surface area contributed by atoms with Crippen molar-refractivity contribution >= 4 is 11.8 Å². The topological polar surface area (TPSA) is 94.5 Å². The fourth-order valence-electron chi connectivity index (χ4n) is 3.60. The summed E-state index contributed by atoms with van der Waals surface area (Å²) in [7, 11) is 0. The van der Waals surface area contributed by atoms with Gasteiger partial charge in [-0.2, -0.15) is 0 Å². The third kappa shape index (κ3) is 5.30. The zero-order valence-electron chi connectivity index (χ0n) is 16.6. The van der Waals surface area contributed by atoms with Crippen molar-refractivity contribution in [2.75, 3.05) is 5.32 Å². The van der Waals surface area contributed by atoms with Crippen LogP contribution < -0.4 is 10.6 Å². The Morgan fingerprint density at radius 1 is 1.21 bits per heavy atom. The van der Waals surface area contributed by atoms with E-state index in [1.807, 2.05) is 24.3 Å². The molecule has 4 N–H and O–H groups in total. The maximum Gasteiger partial charge on any atom is 0.335 e. The summed E-state index contributed by atoms with van der Waals surface area (Å²) in [5, 5.41) is 26.6. The molecule has 1 fully saturated rings. The number of rotatable bonds is 6. The average molecular weight is 383 g/mol. The lowest BCUT2D eigenvalue weighted by Gasteiger charge is -2.23. The Labute approximate surface area is 166 Å². The van der Waals surface area contributed by atoms with Crippen molar-refractivity contribution in [3.05, 3.63) is 59.3 Å². The van der Waals surface area contributed by atoms with Crippen LogP contribution in [0.25, 0.3) is 0 Å². The van der Waals surface area contributed by atoms with E-state index in [1.54, 1.807) is 18.3 Å². The highest BCUT2D eigenvalue weighted by Crippen LogP contribution is 2.27. The largest absolute Gasteiger partial charge is 0.478 e. The molecule has 1 aromatic carbocycles. The number of hydrogen-bond donors (Lipinski definition) is 4. The standard InChI is InChI=1S/C22H29N3O3/c1-22(2,3)25-19-11-8-16(13-23-19)20(26)18-10-9-17(24-18)12-14-4-6-15(7-5-14)21(27)28/h4-8,11,13,17-18,20,24,26H,9-10,12H2,1-3H3,(H,23,25)(H,27,28). The Kier molecular flexibility index (Phi) is 6.01. The Morgan fingerprint density at radius 3 is 2.50 bits per heavy atom. The molecular weight excluding hydrogens is 354 g/mol. The van der Waals surface area contributed by atoms with E-state index in [-0.39, 0.29) is 17.6 Å². The lowest BCUT2D eigenvalue weighted by Crippen LogP contribution is -2.35. The number of aliphatic hydroxyl groups excluding tert-OH is 1. The number of hydrogen-bond acceptors (Lipinski definition) is 5. The third-order valence-corrected chi connectivity index (χ3v) is 4.97. The summed E-state index contributed by atoms with van der Waals surface area (Å²) < 4.78 is 0. The van der Waals surface area contributed by atoms with E-state index in [2.05, 4.69) is 36.4 Å². The van der Waals surface area contributed by atoms with Crippen LogP contribution in [0.2, 0.25) is 0 Å². The van der Waals surface area contributed by atoms with Gasteiger partial charge < -0.3 is 20.8 Å². The second kappa shape index (κ2) is 8.29. The van der Waals surface area contributed by atoms with Gasteiger partial charge in [0.25, 0.3) is 0 Å². The van der Waals surface area contributed by atoms with Gasteiger partial charge in [0.2, 0.25) is 0 Å². The number of nitrogens with zero attached hydrogens (tertiary/aromatic N) is 1. The summed E-state index contributed by atoms with van der Waals surface area (Å²) in [6.07, 6.45) is 3.81. The first kappa shape index (κ1) is 20.3. The minimum absolute atomic E-state index is 0.00785. The molecule has 0 bridgehead atoms. The minimum atomic E-state index is -0.911. The smallest absolute Gasteiger partial charge is 0.335 e. The molecule has 0 aliphatic carbocycles. The molecule has 0 spiro atoms. The van der Waals surface area contributed by atoms with Crippen LogP contribution >= 0.6 is 0 Å². The van der Waals surface area contributed by atoms with Gasteiger partial charge in [-0.1, -0.05) is 18.2 Å². The Bertz CT molecular complexity index is 797. The molecule has 28 heavy (non-hydrogen) atoms.